The van der Waals surface area contributed by atoms with Gasteiger partial charge >= 0.3 is 5.76 Å². The molecule has 1 fully saturated rings. The Labute approximate surface area is 187 Å². The van der Waals surface area contributed by atoms with Crippen LogP contribution in [0.15, 0.2) is 51.7 Å². The number of amidine groups is 1. The second kappa shape index (κ2) is 9.22. The lowest BCUT2D eigenvalue weighted by molar-refractivity contribution is -0.150. The summed E-state index contributed by atoms with van der Waals surface area (Å²) in [6, 6.07) is 10.9. The fourth-order valence-corrected chi connectivity index (χ4v) is 3.28. The minimum atomic E-state index is -1.75. The second-order valence-corrected chi connectivity index (χ2v) is 6.90. The molecule has 2 aromatic carbocycles. The lowest BCUT2D eigenvalue weighted by atomic mass is 10.1. The van der Waals surface area contributed by atoms with Gasteiger partial charge in [0.2, 0.25) is 0 Å². The molecule has 0 saturated carbocycles. The number of amides is 2. The molecule has 11 nitrogen and oxygen atoms in total. The summed E-state index contributed by atoms with van der Waals surface area (Å²) in [7, 11) is 0. The first-order valence-corrected chi connectivity index (χ1v) is 9.33. The molecule has 2 amide bonds. The summed E-state index contributed by atoms with van der Waals surface area (Å²) < 4.78 is 10.4. The number of fused-ring (bicyclic) bond motifs is 1. The molecule has 168 valence electrons. The number of aliphatic hydroxyl groups excluding tert-OH is 1. The van der Waals surface area contributed by atoms with E-state index in [1.165, 1.54) is 23.1 Å². The summed E-state index contributed by atoms with van der Waals surface area (Å²) in [5.41, 5.74) is 7.45. The molecule has 0 bridgehead atoms. The average Bonchev–Trinajstić information content (AvgIpc) is 3.13. The Balaban J connectivity index is 0.00000289. The molecule has 6 N–H and O–H groups in total. The molecule has 1 saturated heterocycles. The van der Waals surface area contributed by atoms with Gasteiger partial charge in [-0.05, 0) is 36.4 Å². The second-order valence-electron chi connectivity index (χ2n) is 6.90. The zero-order chi connectivity index (χ0) is 22.1. The topological polar surface area (TPSA) is 175 Å². The third-order valence-corrected chi connectivity index (χ3v) is 4.86. The molecular weight excluding hydrogens is 442 g/mol. The Bertz CT molecular complexity index is 1220. The number of rotatable bonds is 5. The molecule has 1 aromatic heterocycles. The number of carbonyl (C=O) groups is 2. The molecule has 3 aromatic rings. The van der Waals surface area contributed by atoms with Crippen LogP contribution in [0.25, 0.3) is 11.1 Å². The number of H-pyrrole nitrogens is 1. The lowest BCUT2D eigenvalue weighted by Crippen LogP contribution is -2.55. The van der Waals surface area contributed by atoms with Gasteiger partial charge in [0.25, 0.3) is 11.8 Å². The van der Waals surface area contributed by atoms with Crippen molar-refractivity contribution >= 4 is 52.5 Å². The van der Waals surface area contributed by atoms with Crippen LogP contribution in [0, 0.1) is 5.41 Å². The number of hydrogen-bond donors (Lipinski definition) is 5. The number of aliphatic hydroxyl groups is 1. The van der Waals surface area contributed by atoms with Crippen molar-refractivity contribution in [1.82, 2.24) is 4.98 Å². The largest absolute Gasteiger partial charge is 0.417 e. The average molecular weight is 462 g/mol. The maximum Gasteiger partial charge on any atom is 0.417 e. The smallest absolute Gasteiger partial charge is 0.408 e. The van der Waals surface area contributed by atoms with Crippen LogP contribution in [0.4, 0.5) is 11.4 Å². The number of halogens is 1. The molecule has 0 unspecified atom stereocenters. The molecule has 1 aliphatic heterocycles. The van der Waals surface area contributed by atoms with Crippen LogP contribution in [-0.2, 0) is 14.3 Å². The van der Waals surface area contributed by atoms with Gasteiger partial charge in [0.1, 0.15) is 5.84 Å². The van der Waals surface area contributed by atoms with Gasteiger partial charge in [-0.2, -0.15) is 0 Å². The van der Waals surface area contributed by atoms with E-state index in [-0.39, 0.29) is 37.0 Å². The number of nitrogen functional groups attached to an aromatic ring is 1. The molecular formula is C20H20ClN5O6. The minimum Gasteiger partial charge on any atom is -0.408 e. The molecule has 32 heavy (non-hydrogen) atoms. The number of nitrogens with two attached hydrogens (primary N) is 1. The molecule has 0 aliphatic carbocycles. The number of hydrogen-bond acceptors (Lipinski definition) is 7. The number of carbonyl (C=O) groups excluding carboxylic acids is 2. The molecule has 0 radical (unpaired) electrons. The maximum atomic E-state index is 12.9. The number of nitrogens with one attached hydrogen (secondary N) is 3. The van der Waals surface area contributed by atoms with Gasteiger partial charge < -0.3 is 30.2 Å². The van der Waals surface area contributed by atoms with Crippen LogP contribution in [-0.4, -0.2) is 53.1 Å². The Morgan fingerprint density at radius 2 is 1.97 bits per heavy atom. The number of anilines is 2. The molecule has 1 aliphatic rings. The van der Waals surface area contributed by atoms with Gasteiger partial charge in [0, 0.05) is 29.5 Å². The van der Waals surface area contributed by atoms with Gasteiger partial charge in [0.15, 0.2) is 17.8 Å². The van der Waals surface area contributed by atoms with Crippen LogP contribution in [0.2, 0.25) is 0 Å². The molecule has 2 heterocycles. The normalized spacial score (nSPS) is 17.0. The summed E-state index contributed by atoms with van der Waals surface area (Å²) in [4.78, 5) is 40.6. The highest BCUT2D eigenvalue weighted by molar-refractivity contribution is 6.04. The summed E-state index contributed by atoms with van der Waals surface area (Å²) in [5, 5.41) is 20.3. The van der Waals surface area contributed by atoms with Crippen molar-refractivity contribution in [1.29, 1.82) is 5.41 Å². The zero-order valence-electron chi connectivity index (χ0n) is 16.5. The van der Waals surface area contributed by atoms with Crippen molar-refractivity contribution in [3.63, 3.8) is 0 Å². The van der Waals surface area contributed by atoms with Crippen LogP contribution in [0.5, 0.6) is 0 Å². The van der Waals surface area contributed by atoms with Crippen LogP contribution < -0.4 is 21.7 Å². The predicted octanol–water partition coefficient (Wildman–Crippen LogP) is 0.558. The highest BCUT2D eigenvalue weighted by Gasteiger charge is 2.39. The fraction of sp³-hybridized carbons (Fsp3) is 0.200. The van der Waals surface area contributed by atoms with Crippen LogP contribution >= 0.6 is 12.4 Å². The minimum absolute atomic E-state index is 0. The van der Waals surface area contributed by atoms with E-state index in [4.69, 9.17) is 20.3 Å². The van der Waals surface area contributed by atoms with Gasteiger partial charge in [0.05, 0.1) is 12.1 Å². The fourth-order valence-electron chi connectivity index (χ4n) is 3.28. The highest BCUT2D eigenvalue weighted by atomic mass is 35.5. The Morgan fingerprint density at radius 3 is 2.66 bits per heavy atom. The molecule has 0 spiro atoms. The standard InChI is InChI=1S/C20H19N5O6.ClH/c21-17(22)10-1-3-11(4-2-10)23-18(27)15(26)16-19(28)25(7-8-30-16)12-5-6-13-14(9-12)31-20(29)24-13;/h1-6,9,15-16,26H,7-8H2,(H3,21,22)(H,23,27)(H,24,29);1H/t15-,16-;/m1./s1. The number of aromatic amines is 1. The van der Waals surface area contributed by atoms with E-state index in [0.29, 0.717) is 22.5 Å². The van der Waals surface area contributed by atoms with E-state index < -0.39 is 29.8 Å². The third kappa shape index (κ3) is 4.49. The zero-order valence-corrected chi connectivity index (χ0v) is 17.3. The monoisotopic (exact) mass is 461 g/mol. The Morgan fingerprint density at radius 1 is 1.25 bits per heavy atom. The number of morpholine rings is 1. The number of ether oxygens (including phenoxy) is 1. The predicted molar refractivity (Wildman–Crippen MR) is 118 cm³/mol. The molecule has 4 rings (SSSR count). The van der Waals surface area contributed by atoms with E-state index in [1.54, 1.807) is 24.3 Å². The van der Waals surface area contributed by atoms with E-state index in [9.17, 15) is 19.5 Å². The summed E-state index contributed by atoms with van der Waals surface area (Å²) in [6.07, 6.45) is -3.16. The van der Waals surface area contributed by atoms with Gasteiger partial charge in [-0.25, -0.2) is 4.79 Å². The summed E-state index contributed by atoms with van der Waals surface area (Å²) in [6.45, 7) is 0.305. The highest BCUT2D eigenvalue weighted by Crippen LogP contribution is 2.24. The van der Waals surface area contributed by atoms with Crippen molar-refractivity contribution < 1.29 is 23.8 Å². The first-order chi connectivity index (χ1) is 14.8. The number of nitrogens with zero attached hydrogens (tertiary/aromatic N) is 1. The van der Waals surface area contributed by atoms with Crippen molar-refractivity contribution in [2.45, 2.75) is 12.2 Å². The number of oxazole rings is 1. The number of benzene rings is 2. The quantitative estimate of drug-likeness (QED) is 0.272. The van der Waals surface area contributed by atoms with Gasteiger partial charge in [-0.3, -0.25) is 20.0 Å². The summed E-state index contributed by atoms with van der Waals surface area (Å²) in [5.74, 6) is -2.14. The van der Waals surface area contributed by atoms with Crippen LogP contribution in [0.3, 0.4) is 0 Å². The Kier molecular flexibility index (Phi) is 6.63. The van der Waals surface area contributed by atoms with Crippen molar-refractivity contribution in [2.24, 2.45) is 5.73 Å². The van der Waals surface area contributed by atoms with Crippen molar-refractivity contribution in [3.8, 4) is 0 Å². The van der Waals surface area contributed by atoms with Crippen molar-refractivity contribution in [2.75, 3.05) is 23.4 Å². The molecule has 12 heteroatoms. The van der Waals surface area contributed by atoms with E-state index >= 15 is 0 Å². The van der Waals surface area contributed by atoms with E-state index in [0.717, 1.165) is 0 Å². The SMILES string of the molecule is Cl.N=C(N)c1ccc(NC(=O)[C@H](O)[C@H]2OCCN(c3ccc4[nH]c(=O)oc4c3)C2=O)cc1. The van der Waals surface area contributed by atoms with Gasteiger partial charge in [-0.15, -0.1) is 12.4 Å². The summed E-state index contributed by atoms with van der Waals surface area (Å²) >= 11 is 0. The number of aromatic nitrogens is 1. The third-order valence-electron chi connectivity index (χ3n) is 4.86. The first-order valence-electron chi connectivity index (χ1n) is 9.33. The van der Waals surface area contributed by atoms with Gasteiger partial charge in [-0.1, -0.05) is 0 Å². The van der Waals surface area contributed by atoms with E-state index in [2.05, 4.69) is 10.3 Å². The van der Waals surface area contributed by atoms with Crippen molar-refractivity contribution in [3.05, 3.63) is 58.6 Å². The van der Waals surface area contributed by atoms with E-state index in [1.807, 2.05) is 0 Å². The first kappa shape index (κ1) is 23.0. The van der Waals surface area contributed by atoms with Crippen LogP contribution in [0.1, 0.15) is 5.56 Å². The molecule has 2 atom stereocenters. The maximum absolute atomic E-state index is 12.9. The Hall–Kier alpha value is -3.67. The lowest BCUT2D eigenvalue weighted by Gasteiger charge is -2.34.